The van der Waals surface area contributed by atoms with Gasteiger partial charge in [-0.25, -0.2) is 0 Å². The standard InChI is InChI=1S/C60H39N3O/c1-5-17-40(18-6-1)42-31-34-53-49(37-42)59-55(62(53)45-23-11-4-12-24-45)27-15-29-57(59)64-58-30-16-28-56-60(58)50-38-43(41-19-7-2-8-20-41)32-35-54(50)63(56)46-33-36-52-48(39-46)47-25-13-14-26-51(47)61(52)44-21-9-3-10-22-44/h1-39H. The number of nitrogens with zero attached hydrogens (tertiary/aromatic N) is 3. The Balaban J connectivity index is 1.05. The zero-order chi connectivity index (χ0) is 42.1. The molecule has 0 saturated carbocycles. The second-order valence-electron chi connectivity index (χ2n) is 16.5. The molecule has 4 heteroatoms. The van der Waals surface area contributed by atoms with E-state index in [9.17, 15) is 0 Å². The third-order valence-electron chi connectivity index (χ3n) is 12.9. The molecule has 0 fully saturated rings. The second-order valence-corrected chi connectivity index (χ2v) is 16.5. The Bertz CT molecular complexity index is 3900. The van der Waals surface area contributed by atoms with Crippen LogP contribution in [0.5, 0.6) is 11.5 Å². The molecule has 0 saturated heterocycles. The summed E-state index contributed by atoms with van der Waals surface area (Å²) in [5, 5.41) is 6.83. The van der Waals surface area contributed by atoms with E-state index >= 15 is 0 Å². The molecule has 300 valence electrons. The van der Waals surface area contributed by atoms with Gasteiger partial charge in [-0.3, -0.25) is 0 Å². The van der Waals surface area contributed by atoms with Gasteiger partial charge in [-0.1, -0.05) is 140 Å². The third kappa shape index (κ3) is 5.63. The minimum absolute atomic E-state index is 0.806. The number of fused-ring (bicyclic) bond motifs is 9. The number of hydrogen-bond donors (Lipinski definition) is 0. The number of rotatable bonds is 7. The average Bonchev–Trinajstić information content (AvgIpc) is 4.01. The fourth-order valence-electron chi connectivity index (χ4n) is 10.1. The van der Waals surface area contributed by atoms with Crippen molar-refractivity contribution in [2.75, 3.05) is 0 Å². The van der Waals surface area contributed by atoms with Crippen molar-refractivity contribution in [3.8, 4) is 50.8 Å². The van der Waals surface area contributed by atoms with Gasteiger partial charge in [0.05, 0.1) is 43.9 Å². The van der Waals surface area contributed by atoms with Crippen LogP contribution in [-0.4, -0.2) is 13.7 Å². The molecule has 0 bridgehead atoms. The highest BCUT2D eigenvalue weighted by Crippen LogP contribution is 2.45. The van der Waals surface area contributed by atoms with Gasteiger partial charge in [0.15, 0.2) is 0 Å². The van der Waals surface area contributed by atoms with Crippen molar-refractivity contribution in [1.82, 2.24) is 13.7 Å². The van der Waals surface area contributed by atoms with Crippen LogP contribution in [-0.2, 0) is 0 Å². The summed E-state index contributed by atoms with van der Waals surface area (Å²) in [5.41, 5.74) is 14.8. The van der Waals surface area contributed by atoms with Crippen LogP contribution >= 0.6 is 0 Å². The highest BCUT2D eigenvalue weighted by atomic mass is 16.5. The van der Waals surface area contributed by atoms with Crippen LogP contribution in [0.25, 0.3) is 105 Å². The van der Waals surface area contributed by atoms with Crippen LogP contribution in [0, 0.1) is 0 Å². The van der Waals surface area contributed by atoms with Crippen molar-refractivity contribution in [3.05, 3.63) is 237 Å². The summed E-state index contributed by atoms with van der Waals surface area (Å²) in [4.78, 5) is 0. The highest BCUT2D eigenvalue weighted by molar-refractivity contribution is 6.16. The lowest BCUT2D eigenvalue weighted by Gasteiger charge is -2.12. The van der Waals surface area contributed by atoms with Crippen LogP contribution in [0.1, 0.15) is 0 Å². The molecule has 4 nitrogen and oxygen atoms in total. The molecule has 0 aliphatic heterocycles. The maximum Gasteiger partial charge on any atom is 0.137 e. The minimum atomic E-state index is 0.806. The summed E-state index contributed by atoms with van der Waals surface area (Å²) in [5.74, 6) is 1.62. The molecular formula is C60H39N3O. The molecule has 0 amide bonds. The molecular weight excluding hydrogens is 779 g/mol. The fraction of sp³-hybridized carbons (Fsp3) is 0. The zero-order valence-corrected chi connectivity index (χ0v) is 34.8. The maximum absolute atomic E-state index is 7.36. The van der Waals surface area contributed by atoms with Crippen LogP contribution in [0.2, 0.25) is 0 Å². The lowest BCUT2D eigenvalue weighted by Crippen LogP contribution is -1.96. The van der Waals surface area contributed by atoms with Crippen LogP contribution in [0.3, 0.4) is 0 Å². The molecule has 64 heavy (non-hydrogen) atoms. The molecule has 0 aliphatic rings. The molecule has 0 spiro atoms. The first-order valence-corrected chi connectivity index (χ1v) is 21.8. The fourth-order valence-corrected chi connectivity index (χ4v) is 10.1. The first-order chi connectivity index (χ1) is 31.8. The van der Waals surface area contributed by atoms with E-state index in [4.69, 9.17) is 4.74 Å². The van der Waals surface area contributed by atoms with Gasteiger partial charge < -0.3 is 18.4 Å². The molecule has 0 N–H and O–H groups in total. The molecule has 13 rings (SSSR count). The molecule has 13 aromatic rings. The van der Waals surface area contributed by atoms with Gasteiger partial charge in [-0.05, 0) is 119 Å². The van der Waals surface area contributed by atoms with Crippen molar-refractivity contribution in [2.24, 2.45) is 0 Å². The average molecular weight is 818 g/mol. The van der Waals surface area contributed by atoms with Crippen molar-refractivity contribution in [1.29, 1.82) is 0 Å². The van der Waals surface area contributed by atoms with Gasteiger partial charge in [0.1, 0.15) is 11.5 Å². The number of hydrogen-bond acceptors (Lipinski definition) is 1. The van der Waals surface area contributed by atoms with E-state index in [1.54, 1.807) is 0 Å². The first-order valence-electron chi connectivity index (χ1n) is 21.8. The Hall–Kier alpha value is -8.60. The van der Waals surface area contributed by atoms with Crippen molar-refractivity contribution in [2.45, 2.75) is 0 Å². The predicted octanol–water partition coefficient (Wildman–Crippen LogP) is 16.1. The highest BCUT2D eigenvalue weighted by Gasteiger charge is 2.22. The quantitative estimate of drug-likeness (QED) is 0.157. The van der Waals surface area contributed by atoms with Crippen molar-refractivity contribution < 1.29 is 4.74 Å². The topological polar surface area (TPSA) is 24.0 Å². The molecule has 3 heterocycles. The molecule has 0 unspecified atom stereocenters. The third-order valence-corrected chi connectivity index (χ3v) is 12.9. The summed E-state index contributed by atoms with van der Waals surface area (Å²) >= 11 is 0. The largest absolute Gasteiger partial charge is 0.456 e. The van der Waals surface area contributed by atoms with E-state index < -0.39 is 0 Å². The minimum Gasteiger partial charge on any atom is -0.456 e. The summed E-state index contributed by atoms with van der Waals surface area (Å²) in [6.07, 6.45) is 0. The summed E-state index contributed by atoms with van der Waals surface area (Å²) < 4.78 is 14.5. The normalized spacial score (nSPS) is 11.8. The molecule has 0 aliphatic carbocycles. The lowest BCUT2D eigenvalue weighted by molar-refractivity contribution is 0.495. The SMILES string of the molecule is c1ccc(-c2ccc3c(c2)c2c(Oc4cccc5c4c4cc(-c6ccccc6)ccc4n5-c4ccc5c(c4)c4ccccc4n5-c4ccccc4)cccc2n3-c2ccccc2)cc1. The summed E-state index contributed by atoms with van der Waals surface area (Å²) in [6, 6.07) is 84.8. The van der Waals surface area contributed by atoms with E-state index in [0.29, 0.717) is 0 Å². The monoisotopic (exact) mass is 817 g/mol. The van der Waals surface area contributed by atoms with E-state index in [0.717, 1.165) is 83.3 Å². The Morgan fingerprint density at radius 2 is 0.641 bits per heavy atom. The van der Waals surface area contributed by atoms with Gasteiger partial charge in [-0.2, -0.15) is 0 Å². The van der Waals surface area contributed by atoms with E-state index in [-0.39, 0.29) is 0 Å². The Kier molecular flexibility index (Phi) is 8.18. The summed E-state index contributed by atoms with van der Waals surface area (Å²) in [6.45, 7) is 0. The van der Waals surface area contributed by atoms with E-state index in [1.165, 1.54) is 32.9 Å². The van der Waals surface area contributed by atoms with Gasteiger partial charge in [0.25, 0.3) is 0 Å². The van der Waals surface area contributed by atoms with Gasteiger partial charge in [0.2, 0.25) is 0 Å². The van der Waals surface area contributed by atoms with E-state index in [2.05, 4.69) is 250 Å². The van der Waals surface area contributed by atoms with Crippen molar-refractivity contribution >= 4 is 65.4 Å². The zero-order valence-electron chi connectivity index (χ0n) is 34.8. The number of benzene rings is 10. The van der Waals surface area contributed by atoms with Gasteiger partial charge >= 0.3 is 0 Å². The lowest BCUT2D eigenvalue weighted by atomic mass is 10.0. The Labute approximate surface area is 369 Å². The number of ether oxygens (including phenoxy) is 1. The smallest absolute Gasteiger partial charge is 0.137 e. The van der Waals surface area contributed by atoms with E-state index in [1.807, 2.05) is 0 Å². The molecule has 10 aromatic carbocycles. The van der Waals surface area contributed by atoms with Gasteiger partial charge in [-0.15, -0.1) is 0 Å². The second kappa shape index (κ2) is 14.5. The maximum atomic E-state index is 7.36. The van der Waals surface area contributed by atoms with Crippen LogP contribution < -0.4 is 4.74 Å². The van der Waals surface area contributed by atoms with Crippen molar-refractivity contribution in [3.63, 3.8) is 0 Å². The Morgan fingerprint density at radius 3 is 1.19 bits per heavy atom. The first kappa shape index (κ1) is 36.1. The molecule has 0 radical (unpaired) electrons. The predicted molar refractivity (Wildman–Crippen MR) is 267 cm³/mol. The summed E-state index contributed by atoms with van der Waals surface area (Å²) in [7, 11) is 0. The Morgan fingerprint density at radius 1 is 0.234 bits per heavy atom. The molecule has 0 atom stereocenters. The van der Waals surface area contributed by atoms with Gasteiger partial charge in [0, 0.05) is 38.6 Å². The van der Waals surface area contributed by atoms with Crippen LogP contribution in [0.15, 0.2) is 237 Å². The van der Waals surface area contributed by atoms with Crippen LogP contribution in [0.4, 0.5) is 0 Å². The number of aromatic nitrogens is 3. The molecule has 3 aromatic heterocycles. The number of para-hydroxylation sites is 3.